The SMILES string of the molecule is CCOC(=O)C(OC(=O)C(F)(F)F)c1ccccc1. The summed E-state index contributed by atoms with van der Waals surface area (Å²) in [4.78, 5) is 22.3. The molecule has 1 unspecified atom stereocenters. The molecule has 19 heavy (non-hydrogen) atoms. The van der Waals surface area contributed by atoms with Crippen molar-refractivity contribution in [3.8, 4) is 0 Å². The van der Waals surface area contributed by atoms with Gasteiger partial charge in [0.25, 0.3) is 0 Å². The van der Waals surface area contributed by atoms with Gasteiger partial charge in [-0.3, -0.25) is 0 Å². The molecule has 0 bridgehead atoms. The van der Waals surface area contributed by atoms with Crippen LogP contribution in [0.4, 0.5) is 13.2 Å². The van der Waals surface area contributed by atoms with E-state index in [1.807, 2.05) is 0 Å². The maximum atomic E-state index is 12.1. The molecule has 0 aliphatic heterocycles. The predicted octanol–water partition coefficient (Wildman–Crippen LogP) is 2.40. The summed E-state index contributed by atoms with van der Waals surface area (Å²) in [5.74, 6) is -3.49. The summed E-state index contributed by atoms with van der Waals surface area (Å²) in [6.45, 7) is 1.46. The van der Waals surface area contributed by atoms with Gasteiger partial charge in [-0.05, 0) is 6.92 Å². The predicted molar refractivity (Wildman–Crippen MR) is 58.0 cm³/mol. The number of esters is 2. The first kappa shape index (κ1) is 15.0. The van der Waals surface area contributed by atoms with Crippen LogP contribution in [0.25, 0.3) is 0 Å². The molecule has 0 saturated heterocycles. The quantitative estimate of drug-likeness (QED) is 0.792. The number of carbonyl (C=O) groups excluding carboxylic acids is 2. The number of alkyl halides is 3. The Morgan fingerprint density at radius 1 is 1.21 bits per heavy atom. The first-order valence-corrected chi connectivity index (χ1v) is 5.35. The summed E-state index contributed by atoms with van der Waals surface area (Å²) in [7, 11) is 0. The van der Waals surface area contributed by atoms with Crippen LogP contribution in [0.2, 0.25) is 0 Å². The van der Waals surface area contributed by atoms with Crippen LogP contribution in [0.1, 0.15) is 18.6 Å². The smallest absolute Gasteiger partial charge is 0.463 e. The molecule has 1 aromatic rings. The molecule has 0 aliphatic rings. The fourth-order valence-corrected chi connectivity index (χ4v) is 1.27. The molecule has 1 rings (SSSR count). The summed E-state index contributed by atoms with van der Waals surface area (Å²) in [6.07, 6.45) is -6.89. The van der Waals surface area contributed by atoms with E-state index in [0.29, 0.717) is 0 Å². The first-order chi connectivity index (χ1) is 8.86. The minimum absolute atomic E-state index is 0.0360. The van der Waals surface area contributed by atoms with Crippen LogP contribution >= 0.6 is 0 Å². The lowest BCUT2D eigenvalue weighted by molar-refractivity contribution is -0.208. The number of ether oxygens (including phenoxy) is 2. The highest BCUT2D eigenvalue weighted by atomic mass is 19.4. The van der Waals surface area contributed by atoms with Gasteiger partial charge in [0, 0.05) is 5.56 Å². The standard InChI is InChI=1S/C12H11F3O4/c1-2-18-10(16)9(8-6-4-3-5-7-8)19-11(17)12(13,14)15/h3-7,9H,2H2,1H3. The molecule has 1 aromatic carbocycles. The largest absolute Gasteiger partial charge is 0.490 e. The van der Waals surface area contributed by atoms with E-state index in [2.05, 4.69) is 9.47 Å². The summed E-state index contributed by atoms with van der Waals surface area (Å²) >= 11 is 0. The Kier molecular flexibility index (Phi) is 4.91. The average molecular weight is 276 g/mol. The zero-order chi connectivity index (χ0) is 14.5. The van der Waals surface area contributed by atoms with Gasteiger partial charge in [0.2, 0.25) is 6.10 Å². The highest BCUT2D eigenvalue weighted by Crippen LogP contribution is 2.24. The summed E-state index contributed by atoms with van der Waals surface area (Å²) in [5, 5.41) is 0. The maximum Gasteiger partial charge on any atom is 0.490 e. The molecule has 0 N–H and O–H groups in total. The molecule has 0 radical (unpaired) electrons. The first-order valence-electron chi connectivity index (χ1n) is 5.35. The van der Waals surface area contributed by atoms with Crippen molar-refractivity contribution < 1.29 is 32.2 Å². The van der Waals surface area contributed by atoms with E-state index >= 15 is 0 Å². The third kappa shape index (κ3) is 4.27. The van der Waals surface area contributed by atoms with E-state index in [9.17, 15) is 22.8 Å². The molecule has 0 spiro atoms. The molecule has 1 atom stereocenters. The Labute approximate surface area is 107 Å². The van der Waals surface area contributed by atoms with Crippen LogP contribution in [0.15, 0.2) is 30.3 Å². The van der Waals surface area contributed by atoms with Crippen molar-refractivity contribution >= 4 is 11.9 Å². The Morgan fingerprint density at radius 2 is 1.79 bits per heavy atom. The van der Waals surface area contributed by atoms with Gasteiger partial charge in [-0.15, -0.1) is 0 Å². The van der Waals surface area contributed by atoms with E-state index in [0.717, 1.165) is 0 Å². The molecule has 0 aliphatic carbocycles. The van der Waals surface area contributed by atoms with E-state index in [-0.39, 0.29) is 12.2 Å². The highest BCUT2D eigenvalue weighted by Gasteiger charge is 2.44. The normalized spacial score (nSPS) is 12.6. The Morgan fingerprint density at radius 3 is 2.26 bits per heavy atom. The van der Waals surface area contributed by atoms with Crippen LogP contribution < -0.4 is 0 Å². The summed E-state index contributed by atoms with van der Waals surface area (Å²) < 4.78 is 45.2. The van der Waals surface area contributed by atoms with Gasteiger partial charge in [0.15, 0.2) is 0 Å². The van der Waals surface area contributed by atoms with Gasteiger partial charge in [-0.25, -0.2) is 9.59 Å². The van der Waals surface area contributed by atoms with Crippen LogP contribution in [-0.4, -0.2) is 24.7 Å². The van der Waals surface area contributed by atoms with Gasteiger partial charge in [0.1, 0.15) is 0 Å². The van der Waals surface area contributed by atoms with E-state index < -0.39 is 24.2 Å². The molecule has 0 heterocycles. The lowest BCUT2D eigenvalue weighted by Crippen LogP contribution is -2.30. The van der Waals surface area contributed by atoms with Crippen molar-refractivity contribution in [2.45, 2.75) is 19.2 Å². The molecular weight excluding hydrogens is 265 g/mol. The van der Waals surface area contributed by atoms with Crippen LogP contribution in [0, 0.1) is 0 Å². The second-order valence-electron chi connectivity index (χ2n) is 3.45. The molecular formula is C12H11F3O4. The number of halogens is 3. The Bertz CT molecular complexity index is 442. The molecule has 104 valence electrons. The molecule has 7 heteroatoms. The number of benzene rings is 1. The lowest BCUT2D eigenvalue weighted by Gasteiger charge is -2.17. The third-order valence-corrected chi connectivity index (χ3v) is 2.06. The number of hydrogen-bond acceptors (Lipinski definition) is 4. The molecule has 0 aromatic heterocycles. The van der Waals surface area contributed by atoms with E-state index in [4.69, 9.17) is 0 Å². The van der Waals surface area contributed by atoms with Gasteiger partial charge >= 0.3 is 18.1 Å². The number of rotatable bonds is 4. The van der Waals surface area contributed by atoms with Crippen molar-refractivity contribution in [1.82, 2.24) is 0 Å². The average Bonchev–Trinajstić information content (AvgIpc) is 2.35. The fraction of sp³-hybridized carbons (Fsp3) is 0.333. The minimum atomic E-state index is -5.17. The lowest BCUT2D eigenvalue weighted by atomic mass is 10.1. The van der Waals surface area contributed by atoms with E-state index in [1.54, 1.807) is 6.07 Å². The summed E-state index contributed by atoms with van der Waals surface area (Å²) in [6, 6.07) is 7.35. The fourth-order valence-electron chi connectivity index (χ4n) is 1.27. The molecule has 4 nitrogen and oxygen atoms in total. The summed E-state index contributed by atoms with van der Waals surface area (Å²) in [5.41, 5.74) is 0.110. The zero-order valence-corrected chi connectivity index (χ0v) is 9.94. The molecule has 0 fully saturated rings. The number of carbonyl (C=O) groups is 2. The molecule has 0 amide bonds. The van der Waals surface area contributed by atoms with Crippen molar-refractivity contribution in [2.24, 2.45) is 0 Å². The Balaban J connectivity index is 2.94. The van der Waals surface area contributed by atoms with Crippen molar-refractivity contribution in [3.63, 3.8) is 0 Å². The maximum absolute atomic E-state index is 12.1. The van der Waals surface area contributed by atoms with Crippen LogP contribution in [-0.2, 0) is 19.1 Å². The minimum Gasteiger partial charge on any atom is -0.463 e. The van der Waals surface area contributed by atoms with Crippen LogP contribution in [0.3, 0.4) is 0 Å². The van der Waals surface area contributed by atoms with Gasteiger partial charge in [0.05, 0.1) is 6.61 Å². The second kappa shape index (κ2) is 6.21. The second-order valence-corrected chi connectivity index (χ2v) is 3.45. The van der Waals surface area contributed by atoms with Gasteiger partial charge < -0.3 is 9.47 Å². The van der Waals surface area contributed by atoms with Gasteiger partial charge in [-0.2, -0.15) is 13.2 Å². The third-order valence-electron chi connectivity index (χ3n) is 2.06. The highest BCUT2D eigenvalue weighted by molar-refractivity contribution is 5.82. The van der Waals surface area contributed by atoms with Gasteiger partial charge in [-0.1, -0.05) is 30.3 Å². The van der Waals surface area contributed by atoms with Crippen molar-refractivity contribution in [3.05, 3.63) is 35.9 Å². The zero-order valence-electron chi connectivity index (χ0n) is 9.94. The topological polar surface area (TPSA) is 52.6 Å². The van der Waals surface area contributed by atoms with Crippen molar-refractivity contribution in [1.29, 1.82) is 0 Å². The van der Waals surface area contributed by atoms with Crippen molar-refractivity contribution in [2.75, 3.05) is 6.61 Å². The monoisotopic (exact) mass is 276 g/mol. The van der Waals surface area contributed by atoms with Crippen LogP contribution in [0.5, 0.6) is 0 Å². The Hall–Kier alpha value is -2.05. The molecule has 0 saturated carbocycles. The van der Waals surface area contributed by atoms with E-state index in [1.165, 1.54) is 31.2 Å². The number of hydrogen-bond donors (Lipinski definition) is 0.